The first-order valence-electron chi connectivity index (χ1n) is 9.26. The van der Waals surface area contributed by atoms with Gasteiger partial charge in [-0.05, 0) is 17.7 Å². The molecule has 10 heteroatoms. The number of nitrogens with two attached hydrogens (primary N) is 1. The lowest BCUT2D eigenvalue weighted by atomic mass is 10.2. The van der Waals surface area contributed by atoms with Crippen LogP contribution in [-0.4, -0.2) is 35.7 Å². The van der Waals surface area contributed by atoms with E-state index in [9.17, 15) is 14.4 Å². The topological polar surface area (TPSA) is 110 Å². The Morgan fingerprint density at radius 3 is 2.52 bits per heavy atom. The summed E-state index contributed by atoms with van der Waals surface area (Å²) >= 11 is 12.3. The Kier molecular flexibility index (Phi) is 7.17. The van der Waals surface area contributed by atoms with E-state index in [4.69, 9.17) is 33.7 Å². The van der Waals surface area contributed by atoms with Gasteiger partial charge in [-0.2, -0.15) is 0 Å². The second-order valence-corrected chi connectivity index (χ2v) is 7.40. The molecule has 2 aromatic carbocycles. The summed E-state index contributed by atoms with van der Waals surface area (Å²) in [5.74, 6) is -0.758. The molecule has 162 valence electrons. The van der Waals surface area contributed by atoms with Gasteiger partial charge in [0, 0.05) is 13.7 Å². The van der Waals surface area contributed by atoms with E-state index in [2.05, 4.69) is 4.98 Å². The number of carbonyl (C=O) groups excluding carboxylic acids is 1. The molecule has 31 heavy (non-hydrogen) atoms. The molecule has 0 fully saturated rings. The van der Waals surface area contributed by atoms with Gasteiger partial charge >= 0.3 is 5.69 Å². The fraction of sp³-hybridized carbons (Fsp3) is 0.190. The van der Waals surface area contributed by atoms with Crippen LogP contribution in [0.2, 0.25) is 10.0 Å². The number of methoxy groups -OCH3 is 1. The molecule has 0 saturated carbocycles. The fourth-order valence-electron chi connectivity index (χ4n) is 3.07. The number of halogens is 2. The minimum atomic E-state index is -0.797. The number of H-pyrrole nitrogens is 1. The van der Waals surface area contributed by atoms with Gasteiger partial charge in [-0.15, -0.1) is 0 Å². The molecule has 8 nitrogen and oxygen atoms in total. The maximum atomic E-state index is 13.3. The zero-order valence-electron chi connectivity index (χ0n) is 16.6. The van der Waals surface area contributed by atoms with E-state index >= 15 is 0 Å². The van der Waals surface area contributed by atoms with Crippen LogP contribution in [0.5, 0.6) is 0 Å². The lowest BCUT2D eigenvalue weighted by Gasteiger charge is -2.25. The van der Waals surface area contributed by atoms with Crippen LogP contribution in [-0.2, 0) is 11.3 Å². The van der Waals surface area contributed by atoms with Crippen molar-refractivity contribution in [3.05, 3.63) is 90.5 Å². The number of hydrogen-bond acceptors (Lipinski definition) is 5. The fourth-order valence-corrected chi connectivity index (χ4v) is 3.45. The lowest BCUT2D eigenvalue weighted by molar-refractivity contribution is 0.0975. The van der Waals surface area contributed by atoms with Gasteiger partial charge in [0.2, 0.25) is 0 Å². The minimum Gasteiger partial charge on any atom is -0.383 e. The van der Waals surface area contributed by atoms with E-state index in [-0.39, 0.29) is 46.8 Å². The standard InChI is InChI=1S/C21H20Cl2N4O4/c1-31-11-10-26(20(29)14-8-5-9-15(22)16(14)23)17-18(24)27(21(30)25-19(17)28)12-13-6-3-2-4-7-13/h2-9H,10-12,24H2,1H3,(H,25,28,30). The van der Waals surface area contributed by atoms with E-state index in [1.165, 1.54) is 17.7 Å². The van der Waals surface area contributed by atoms with Crippen LogP contribution in [0.15, 0.2) is 58.1 Å². The summed E-state index contributed by atoms with van der Waals surface area (Å²) in [6, 6.07) is 13.7. The summed E-state index contributed by atoms with van der Waals surface area (Å²) in [5.41, 5.74) is 5.47. The van der Waals surface area contributed by atoms with E-state index in [0.717, 1.165) is 10.5 Å². The van der Waals surface area contributed by atoms with Gasteiger partial charge in [0.1, 0.15) is 5.82 Å². The van der Waals surface area contributed by atoms with Crippen molar-refractivity contribution in [1.29, 1.82) is 0 Å². The molecule has 3 rings (SSSR count). The SMILES string of the molecule is COCCN(C(=O)c1cccc(Cl)c1Cl)c1c(N)n(Cc2ccccc2)c(=O)[nH]c1=O. The van der Waals surface area contributed by atoms with Gasteiger partial charge in [0.25, 0.3) is 11.5 Å². The molecular formula is C21H20Cl2N4O4. The molecule has 3 aromatic rings. The quantitative estimate of drug-likeness (QED) is 0.560. The number of anilines is 2. The highest BCUT2D eigenvalue weighted by Gasteiger charge is 2.27. The van der Waals surface area contributed by atoms with Crippen LogP contribution in [0, 0.1) is 0 Å². The molecule has 0 spiro atoms. The average Bonchev–Trinajstić information content (AvgIpc) is 2.75. The summed E-state index contributed by atoms with van der Waals surface area (Å²) in [5, 5.41) is 0.235. The van der Waals surface area contributed by atoms with E-state index < -0.39 is 17.2 Å². The smallest absolute Gasteiger partial charge is 0.330 e. The monoisotopic (exact) mass is 462 g/mol. The van der Waals surface area contributed by atoms with Crippen molar-refractivity contribution in [1.82, 2.24) is 9.55 Å². The zero-order valence-corrected chi connectivity index (χ0v) is 18.1. The Balaban J connectivity index is 2.14. The third-order valence-corrected chi connectivity index (χ3v) is 5.43. The Morgan fingerprint density at radius 1 is 1.13 bits per heavy atom. The Hall–Kier alpha value is -3.07. The first kappa shape index (κ1) is 22.6. The lowest BCUT2D eigenvalue weighted by Crippen LogP contribution is -2.42. The van der Waals surface area contributed by atoms with Crippen LogP contribution >= 0.6 is 23.2 Å². The molecule has 1 aromatic heterocycles. The summed E-state index contributed by atoms with van der Waals surface area (Å²) in [6.07, 6.45) is 0. The third kappa shape index (κ3) is 4.82. The van der Waals surface area contributed by atoms with Crippen molar-refractivity contribution < 1.29 is 9.53 Å². The van der Waals surface area contributed by atoms with Crippen molar-refractivity contribution in [2.24, 2.45) is 0 Å². The van der Waals surface area contributed by atoms with Crippen molar-refractivity contribution >= 4 is 40.6 Å². The van der Waals surface area contributed by atoms with Crippen LogP contribution in [0.25, 0.3) is 0 Å². The zero-order chi connectivity index (χ0) is 22.5. The summed E-state index contributed by atoms with van der Waals surface area (Å²) in [6.45, 7) is 0.217. The van der Waals surface area contributed by atoms with Crippen molar-refractivity contribution in [2.45, 2.75) is 6.54 Å². The molecule has 3 N–H and O–H groups in total. The van der Waals surface area contributed by atoms with E-state index in [1.54, 1.807) is 12.1 Å². The predicted molar refractivity (Wildman–Crippen MR) is 121 cm³/mol. The first-order chi connectivity index (χ1) is 14.8. The summed E-state index contributed by atoms with van der Waals surface area (Å²) < 4.78 is 6.28. The van der Waals surface area contributed by atoms with Crippen molar-refractivity contribution in [2.75, 3.05) is 30.9 Å². The van der Waals surface area contributed by atoms with Gasteiger partial charge in [-0.1, -0.05) is 59.6 Å². The Labute approximate surface area is 187 Å². The van der Waals surface area contributed by atoms with E-state index in [0.29, 0.717) is 0 Å². The normalized spacial score (nSPS) is 10.8. The second kappa shape index (κ2) is 9.82. The minimum absolute atomic E-state index is 0.00496. The number of rotatable bonds is 7. The molecule has 1 heterocycles. The molecule has 1 amide bonds. The molecule has 0 saturated heterocycles. The summed E-state index contributed by atoms with van der Waals surface area (Å²) in [7, 11) is 1.46. The number of carbonyl (C=O) groups is 1. The largest absolute Gasteiger partial charge is 0.383 e. The number of hydrogen-bond donors (Lipinski definition) is 2. The molecule has 0 radical (unpaired) electrons. The summed E-state index contributed by atoms with van der Waals surface area (Å²) in [4.78, 5) is 41.9. The number of nitrogens with one attached hydrogen (secondary N) is 1. The van der Waals surface area contributed by atoms with Crippen molar-refractivity contribution in [3.63, 3.8) is 0 Å². The number of ether oxygens (including phenoxy) is 1. The van der Waals surface area contributed by atoms with Crippen LogP contribution in [0.1, 0.15) is 15.9 Å². The highest BCUT2D eigenvalue weighted by atomic mass is 35.5. The predicted octanol–water partition coefficient (Wildman–Crippen LogP) is 2.77. The number of amides is 1. The number of aromatic nitrogens is 2. The molecule has 0 bridgehead atoms. The van der Waals surface area contributed by atoms with Gasteiger partial charge < -0.3 is 10.5 Å². The maximum absolute atomic E-state index is 13.3. The third-order valence-electron chi connectivity index (χ3n) is 4.61. The number of nitrogens with zero attached hydrogens (tertiary/aromatic N) is 2. The molecule has 0 aliphatic heterocycles. The van der Waals surface area contributed by atoms with Crippen LogP contribution in [0.3, 0.4) is 0 Å². The first-order valence-corrected chi connectivity index (χ1v) is 10.0. The van der Waals surface area contributed by atoms with Crippen LogP contribution in [0.4, 0.5) is 11.5 Å². The Bertz CT molecular complexity index is 1210. The second-order valence-electron chi connectivity index (χ2n) is 6.62. The van der Waals surface area contributed by atoms with Gasteiger partial charge in [0.15, 0.2) is 5.69 Å². The molecule has 0 aliphatic rings. The average molecular weight is 463 g/mol. The van der Waals surface area contributed by atoms with Crippen LogP contribution < -0.4 is 21.9 Å². The highest BCUT2D eigenvalue weighted by Crippen LogP contribution is 2.28. The maximum Gasteiger partial charge on any atom is 0.330 e. The number of nitrogen functional groups attached to an aromatic ring is 1. The highest BCUT2D eigenvalue weighted by molar-refractivity contribution is 6.44. The van der Waals surface area contributed by atoms with E-state index in [1.807, 2.05) is 30.3 Å². The molecule has 0 atom stereocenters. The molecule has 0 aliphatic carbocycles. The Morgan fingerprint density at radius 2 is 1.84 bits per heavy atom. The number of benzene rings is 2. The van der Waals surface area contributed by atoms with Gasteiger partial charge in [-0.25, -0.2) is 4.79 Å². The van der Waals surface area contributed by atoms with Gasteiger partial charge in [-0.3, -0.25) is 24.0 Å². The van der Waals surface area contributed by atoms with Crippen molar-refractivity contribution in [3.8, 4) is 0 Å². The van der Waals surface area contributed by atoms with Gasteiger partial charge in [0.05, 0.1) is 28.8 Å². The molecule has 0 unspecified atom stereocenters. The number of aromatic amines is 1. The molecular weight excluding hydrogens is 443 g/mol.